The fourth-order valence-corrected chi connectivity index (χ4v) is 1.41. The van der Waals surface area contributed by atoms with Gasteiger partial charge in [0.2, 0.25) is 5.95 Å². The van der Waals surface area contributed by atoms with E-state index in [1.54, 1.807) is 0 Å². The first kappa shape index (κ1) is 7.79. The van der Waals surface area contributed by atoms with Crippen LogP contribution in [-0.4, -0.2) is 27.9 Å². The third kappa shape index (κ3) is 1.14. The van der Waals surface area contributed by atoms with Crippen LogP contribution in [0.3, 0.4) is 0 Å². The van der Waals surface area contributed by atoms with Crippen LogP contribution in [0.25, 0.3) is 0 Å². The lowest BCUT2D eigenvalue weighted by molar-refractivity contribution is 0.797. The molecule has 1 aromatic rings. The fraction of sp³-hybridized carbons (Fsp3) is 0.714. The van der Waals surface area contributed by atoms with Gasteiger partial charge in [0.1, 0.15) is 0 Å². The van der Waals surface area contributed by atoms with E-state index in [1.807, 2.05) is 11.6 Å². The lowest BCUT2D eigenvalue weighted by Gasteiger charge is -2.15. The molecule has 0 amide bonds. The lowest BCUT2D eigenvalue weighted by atomic mass is 10.6. The van der Waals surface area contributed by atoms with Crippen molar-refractivity contribution in [1.82, 2.24) is 14.8 Å². The third-order valence-corrected chi connectivity index (χ3v) is 2.63. The molecule has 0 atom stereocenters. The molecular formula is C7H12N4S. The zero-order chi connectivity index (χ0) is 8.72. The van der Waals surface area contributed by atoms with Gasteiger partial charge in [-0.25, -0.2) is 5.10 Å². The van der Waals surface area contributed by atoms with Gasteiger partial charge < -0.3 is 4.90 Å². The molecule has 1 heterocycles. The number of rotatable bonds is 2. The Kier molecular flexibility index (Phi) is 1.68. The maximum Gasteiger partial charge on any atom is 0.225 e. The van der Waals surface area contributed by atoms with Crippen LogP contribution in [0.5, 0.6) is 0 Å². The molecule has 0 aromatic carbocycles. The van der Waals surface area contributed by atoms with Crippen LogP contribution in [0.1, 0.15) is 12.8 Å². The number of nitrogens with one attached hydrogen (secondary N) is 1. The summed E-state index contributed by atoms with van der Waals surface area (Å²) in [7, 11) is 3.99. The quantitative estimate of drug-likeness (QED) is 0.699. The first-order valence-electron chi connectivity index (χ1n) is 4.04. The standard InChI is InChI=1S/C7H12N4S/c1-10(5-3-4-5)6-8-9-7(12)11(6)2/h5H,3-4H2,1-2H3,(H,9,12). The fourth-order valence-electron chi connectivity index (χ4n) is 1.28. The van der Waals surface area contributed by atoms with E-state index in [0.29, 0.717) is 10.8 Å². The van der Waals surface area contributed by atoms with Crippen molar-refractivity contribution < 1.29 is 0 Å². The minimum Gasteiger partial charge on any atom is -0.341 e. The molecule has 1 saturated carbocycles. The van der Waals surface area contributed by atoms with E-state index >= 15 is 0 Å². The van der Waals surface area contributed by atoms with Crippen LogP contribution >= 0.6 is 12.2 Å². The van der Waals surface area contributed by atoms with Crippen LogP contribution in [-0.2, 0) is 7.05 Å². The summed E-state index contributed by atoms with van der Waals surface area (Å²) in [6.07, 6.45) is 2.55. The summed E-state index contributed by atoms with van der Waals surface area (Å²) < 4.78 is 2.57. The summed E-state index contributed by atoms with van der Waals surface area (Å²) >= 11 is 5.02. The zero-order valence-electron chi connectivity index (χ0n) is 7.24. The van der Waals surface area contributed by atoms with Crippen molar-refractivity contribution in [3.63, 3.8) is 0 Å². The van der Waals surface area contributed by atoms with E-state index in [2.05, 4.69) is 22.1 Å². The van der Waals surface area contributed by atoms with E-state index in [9.17, 15) is 0 Å². The molecule has 1 fully saturated rings. The van der Waals surface area contributed by atoms with Gasteiger partial charge in [0, 0.05) is 20.1 Å². The Labute approximate surface area is 76.2 Å². The molecular weight excluding hydrogens is 172 g/mol. The maximum atomic E-state index is 5.02. The Hall–Kier alpha value is -0.840. The average molecular weight is 184 g/mol. The summed E-state index contributed by atoms with van der Waals surface area (Å²) in [4.78, 5) is 2.17. The van der Waals surface area contributed by atoms with Gasteiger partial charge >= 0.3 is 0 Å². The van der Waals surface area contributed by atoms with Crippen LogP contribution in [0.15, 0.2) is 0 Å². The predicted octanol–water partition coefficient (Wildman–Crippen LogP) is 1.08. The molecule has 1 aliphatic rings. The summed E-state index contributed by atoms with van der Waals surface area (Å²) in [5, 5.41) is 6.92. The van der Waals surface area contributed by atoms with Gasteiger partial charge in [-0.3, -0.25) is 4.57 Å². The van der Waals surface area contributed by atoms with Crippen molar-refractivity contribution in [1.29, 1.82) is 0 Å². The minimum atomic E-state index is 0.675. The normalized spacial score (nSPS) is 16.5. The highest BCUT2D eigenvalue weighted by molar-refractivity contribution is 7.71. The average Bonchev–Trinajstić information content (AvgIpc) is 2.82. The van der Waals surface area contributed by atoms with Gasteiger partial charge in [0.05, 0.1) is 0 Å². The SMILES string of the molecule is CN(c1n[nH]c(=S)n1C)C1CC1. The molecule has 0 saturated heterocycles. The van der Waals surface area contributed by atoms with Crippen molar-refractivity contribution in [2.45, 2.75) is 18.9 Å². The highest BCUT2D eigenvalue weighted by Gasteiger charge is 2.28. The molecule has 0 aliphatic heterocycles. The number of H-pyrrole nitrogens is 1. The van der Waals surface area contributed by atoms with Crippen molar-refractivity contribution in [2.24, 2.45) is 7.05 Å². The van der Waals surface area contributed by atoms with Crippen molar-refractivity contribution >= 4 is 18.2 Å². The van der Waals surface area contributed by atoms with Gasteiger partial charge in [-0.15, -0.1) is 5.10 Å². The molecule has 5 heteroatoms. The largest absolute Gasteiger partial charge is 0.341 e. The zero-order valence-corrected chi connectivity index (χ0v) is 8.06. The first-order valence-corrected chi connectivity index (χ1v) is 4.45. The smallest absolute Gasteiger partial charge is 0.225 e. The Bertz CT molecular complexity index is 335. The van der Waals surface area contributed by atoms with Crippen LogP contribution in [0.4, 0.5) is 5.95 Å². The third-order valence-electron chi connectivity index (χ3n) is 2.27. The molecule has 0 spiro atoms. The second-order valence-corrected chi connectivity index (χ2v) is 3.62. The summed E-state index contributed by atoms with van der Waals surface area (Å²) in [6.45, 7) is 0. The van der Waals surface area contributed by atoms with Crippen LogP contribution in [0.2, 0.25) is 0 Å². The summed E-state index contributed by atoms with van der Waals surface area (Å²) in [5.74, 6) is 0.933. The first-order chi connectivity index (χ1) is 5.70. The number of aromatic nitrogens is 3. The molecule has 0 bridgehead atoms. The van der Waals surface area contributed by atoms with E-state index in [0.717, 1.165) is 5.95 Å². The molecule has 66 valence electrons. The van der Waals surface area contributed by atoms with Crippen LogP contribution < -0.4 is 4.90 Å². The Morgan fingerprint density at radius 3 is 2.75 bits per heavy atom. The second kappa shape index (κ2) is 2.58. The van der Waals surface area contributed by atoms with Gasteiger partial charge in [-0.2, -0.15) is 0 Å². The van der Waals surface area contributed by atoms with E-state index < -0.39 is 0 Å². The maximum absolute atomic E-state index is 5.02. The summed E-state index contributed by atoms with van der Waals surface area (Å²) in [5.41, 5.74) is 0. The van der Waals surface area contributed by atoms with Gasteiger partial charge in [0.15, 0.2) is 4.77 Å². The summed E-state index contributed by atoms with van der Waals surface area (Å²) in [6, 6.07) is 0.675. The number of anilines is 1. The van der Waals surface area contributed by atoms with Gasteiger partial charge in [-0.1, -0.05) is 0 Å². The molecule has 0 radical (unpaired) electrons. The molecule has 4 nitrogen and oxygen atoms in total. The number of hydrogen-bond donors (Lipinski definition) is 1. The Balaban J connectivity index is 2.31. The molecule has 1 N–H and O–H groups in total. The molecule has 2 rings (SSSR count). The highest BCUT2D eigenvalue weighted by atomic mass is 32.1. The van der Waals surface area contributed by atoms with Gasteiger partial charge in [-0.05, 0) is 25.1 Å². The number of nitrogens with zero attached hydrogens (tertiary/aromatic N) is 3. The Morgan fingerprint density at radius 1 is 1.67 bits per heavy atom. The second-order valence-electron chi connectivity index (χ2n) is 3.23. The van der Waals surface area contributed by atoms with E-state index in [-0.39, 0.29) is 0 Å². The van der Waals surface area contributed by atoms with Crippen molar-refractivity contribution in [3.05, 3.63) is 4.77 Å². The predicted molar refractivity (Wildman–Crippen MR) is 49.8 cm³/mol. The topological polar surface area (TPSA) is 36.9 Å². The van der Waals surface area contributed by atoms with Crippen molar-refractivity contribution in [2.75, 3.05) is 11.9 Å². The molecule has 1 aliphatic carbocycles. The monoisotopic (exact) mass is 184 g/mol. The molecule has 1 aromatic heterocycles. The minimum absolute atomic E-state index is 0.675. The molecule has 0 unspecified atom stereocenters. The van der Waals surface area contributed by atoms with Crippen LogP contribution in [0, 0.1) is 4.77 Å². The number of hydrogen-bond acceptors (Lipinski definition) is 3. The van der Waals surface area contributed by atoms with Crippen molar-refractivity contribution in [3.8, 4) is 0 Å². The lowest BCUT2D eigenvalue weighted by Crippen LogP contribution is -2.22. The van der Waals surface area contributed by atoms with Gasteiger partial charge in [0.25, 0.3) is 0 Å². The van der Waals surface area contributed by atoms with E-state index in [1.165, 1.54) is 12.8 Å². The number of aromatic amines is 1. The molecule has 12 heavy (non-hydrogen) atoms. The van der Waals surface area contributed by atoms with E-state index in [4.69, 9.17) is 12.2 Å². The Morgan fingerprint density at radius 2 is 2.33 bits per heavy atom. The highest BCUT2D eigenvalue weighted by Crippen LogP contribution is 2.28.